The van der Waals surface area contributed by atoms with Gasteiger partial charge in [0.1, 0.15) is 0 Å². The molecule has 0 saturated carbocycles. The molecule has 11 heavy (non-hydrogen) atoms. The Balaban J connectivity index is 2.61. The van der Waals surface area contributed by atoms with Gasteiger partial charge in [0.15, 0.2) is 0 Å². The zero-order valence-corrected chi connectivity index (χ0v) is 7.38. The molecule has 0 unspecified atom stereocenters. The SMILES string of the molecule is CCC[C@H](Cl)c1ccncc1. The van der Waals surface area contributed by atoms with Gasteiger partial charge in [-0.25, -0.2) is 0 Å². The van der Waals surface area contributed by atoms with E-state index in [-0.39, 0.29) is 5.38 Å². The van der Waals surface area contributed by atoms with E-state index in [1.165, 1.54) is 5.56 Å². The zero-order valence-electron chi connectivity index (χ0n) is 6.63. The average molecular weight is 170 g/mol. The molecule has 0 radical (unpaired) electrons. The summed E-state index contributed by atoms with van der Waals surface area (Å²) < 4.78 is 0. The van der Waals surface area contributed by atoms with E-state index in [1.807, 2.05) is 12.1 Å². The maximum atomic E-state index is 6.08. The molecule has 0 N–H and O–H groups in total. The molecule has 1 heterocycles. The first-order chi connectivity index (χ1) is 5.34. The molecule has 1 rings (SSSR count). The third-order valence-corrected chi connectivity index (χ3v) is 2.08. The summed E-state index contributed by atoms with van der Waals surface area (Å²) in [6.07, 6.45) is 5.71. The fraction of sp³-hybridized carbons (Fsp3) is 0.444. The Bertz CT molecular complexity index is 198. The van der Waals surface area contributed by atoms with E-state index in [2.05, 4.69) is 11.9 Å². The lowest BCUT2D eigenvalue weighted by molar-refractivity contribution is 0.769. The van der Waals surface area contributed by atoms with Crippen LogP contribution in [0.4, 0.5) is 0 Å². The Morgan fingerprint density at radius 3 is 2.64 bits per heavy atom. The predicted octanol–water partition coefficient (Wildman–Crippen LogP) is 3.16. The largest absolute Gasteiger partial charge is 0.265 e. The molecule has 0 spiro atoms. The highest BCUT2D eigenvalue weighted by Gasteiger charge is 2.04. The molecule has 0 aliphatic heterocycles. The summed E-state index contributed by atoms with van der Waals surface area (Å²) in [6, 6.07) is 3.93. The Hall–Kier alpha value is -0.560. The van der Waals surface area contributed by atoms with E-state index in [4.69, 9.17) is 11.6 Å². The van der Waals surface area contributed by atoms with Gasteiger partial charge in [0.05, 0.1) is 5.38 Å². The van der Waals surface area contributed by atoms with Gasteiger partial charge in [-0.2, -0.15) is 0 Å². The molecule has 0 aromatic carbocycles. The fourth-order valence-corrected chi connectivity index (χ4v) is 1.36. The number of aromatic nitrogens is 1. The summed E-state index contributed by atoms with van der Waals surface area (Å²) in [4.78, 5) is 3.93. The number of rotatable bonds is 3. The third kappa shape index (κ3) is 2.51. The Labute approximate surface area is 72.4 Å². The number of hydrogen-bond acceptors (Lipinski definition) is 1. The normalized spacial score (nSPS) is 12.9. The maximum Gasteiger partial charge on any atom is 0.0586 e. The smallest absolute Gasteiger partial charge is 0.0586 e. The minimum atomic E-state index is 0.156. The Morgan fingerprint density at radius 1 is 1.45 bits per heavy atom. The van der Waals surface area contributed by atoms with Crippen molar-refractivity contribution in [2.75, 3.05) is 0 Å². The van der Waals surface area contributed by atoms with Crippen LogP contribution in [0.1, 0.15) is 30.7 Å². The molecule has 0 fully saturated rings. The molecule has 1 aromatic heterocycles. The zero-order chi connectivity index (χ0) is 8.10. The molecule has 0 bridgehead atoms. The van der Waals surface area contributed by atoms with Crippen LogP contribution in [-0.4, -0.2) is 4.98 Å². The molecule has 0 saturated heterocycles. The van der Waals surface area contributed by atoms with Crippen molar-refractivity contribution in [1.29, 1.82) is 0 Å². The maximum absolute atomic E-state index is 6.08. The fourth-order valence-electron chi connectivity index (χ4n) is 0.992. The third-order valence-electron chi connectivity index (χ3n) is 1.61. The van der Waals surface area contributed by atoms with Crippen LogP contribution in [0.3, 0.4) is 0 Å². The topological polar surface area (TPSA) is 12.9 Å². The van der Waals surface area contributed by atoms with Gasteiger partial charge in [0.2, 0.25) is 0 Å². The second-order valence-corrected chi connectivity index (χ2v) is 3.06. The van der Waals surface area contributed by atoms with Gasteiger partial charge in [-0.3, -0.25) is 4.98 Å². The molecule has 0 aliphatic carbocycles. The number of halogens is 1. The monoisotopic (exact) mass is 169 g/mol. The van der Waals surface area contributed by atoms with Crippen molar-refractivity contribution >= 4 is 11.6 Å². The Morgan fingerprint density at radius 2 is 2.09 bits per heavy atom. The summed E-state index contributed by atoms with van der Waals surface area (Å²) >= 11 is 6.08. The van der Waals surface area contributed by atoms with Gasteiger partial charge in [-0.1, -0.05) is 13.3 Å². The summed E-state index contributed by atoms with van der Waals surface area (Å²) in [5, 5.41) is 0.156. The van der Waals surface area contributed by atoms with E-state index < -0.39 is 0 Å². The van der Waals surface area contributed by atoms with Crippen LogP contribution in [0, 0.1) is 0 Å². The van der Waals surface area contributed by atoms with Crippen LogP contribution in [0.25, 0.3) is 0 Å². The minimum absolute atomic E-state index is 0.156. The van der Waals surface area contributed by atoms with Crippen molar-refractivity contribution in [3.8, 4) is 0 Å². The van der Waals surface area contributed by atoms with Crippen molar-refractivity contribution in [2.45, 2.75) is 25.1 Å². The van der Waals surface area contributed by atoms with Gasteiger partial charge >= 0.3 is 0 Å². The lowest BCUT2D eigenvalue weighted by Crippen LogP contribution is -1.88. The van der Waals surface area contributed by atoms with Crippen molar-refractivity contribution in [2.24, 2.45) is 0 Å². The van der Waals surface area contributed by atoms with Gasteiger partial charge < -0.3 is 0 Å². The minimum Gasteiger partial charge on any atom is -0.265 e. The van der Waals surface area contributed by atoms with Crippen molar-refractivity contribution in [3.63, 3.8) is 0 Å². The lowest BCUT2D eigenvalue weighted by Gasteiger charge is -2.06. The van der Waals surface area contributed by atoms with Crippen LogP contribution in [-0.2, 0) is 0 Å². The van der Waals surface area contributed by atoms with E-state index in [1.54, 1.807) is 12.4 Å². The van der Waals surface area contributed by atoms with Gasteiger partial charge in [0, 0.05) is 12.4 Å². The van der Waals surface area contributed by atoms with E-state index in [9.17, 15) is 0 Å². The standard InChI is InChI=1S/C9H12ClN/c1-2-3-9(10)8-4-6-11-7-5-8/h4-7,9H,2-3H2,1H3/t9-/m0/s1. The molecule has 1 atom stereocenters. The molecule has 1 aromatic rings. The van der Waals surface area contributed by atoms with E-state index >= 15 is 0 Å². The van der Waals surface area contributed by atoms with E-state index in [0.717, 1.165) is 12.8 Å². The lowest BCUT2D eigenvalue weighted by atomic mass is 10.1. The number of pyridine rings is 1. The summed E-state index contributed by atoms with van der Waals surface area (Å²) in [5.41, 5.74) is 1.17. The van der Waals surface area contributed by atoms with Crippen LogP contribution in [0.5, 0.6) is 0 Å². The number of alkyl halides is 1. The molecule has 2 heteroatoms. The summed E-state index contributed by atoms with van der Waals surface area (Å²) in [7, 11) is 0. The first-order valence-corrected chi connectivity index (χ1v) is 4.32. The number of nitrogens with zero attached hydrogens (tertiary/aromatic N) is 1. The molecule has 1 nitrogen and oxygen atoms in total. The van der Waals surface area contributed by atoms with Crippen LogP contribution < -0.4 is 0 Å². The molecular formula is C9H12ClN. The summed E-state index contributed by atoms with van der Waals surface area (Å²) in [5.74, 6) is 0. The highest BCUT2D eigenvalue weighted by Crippen LogP contribution is 2.24. The van der Waals surface area contributed by atoms with Crippen molar-refractivity contribution in [1.82, 2.24) is 4.98 Å². The van der Waals surface area contributed by atoms with Crippen molar-refractivity contribution < 1.29 is 0 Å². The van der Waals surface area contributed by atoms with Crippen LogP contribution in [0.15, 0.2) is 24.5 Å². The summed E-state index contributed by atoms with van der Waals surface area (Å²) in [6.45, 7) is 2.14. The number of hydrogen-bond donors (Lipinski definition) is 0. The van der Waals surface area contributed by atoms with Crippen LogP contribution >= 0.6 is 11.6 Å². The molecule has 0 aliphatic rings. The average Bonchev–Trinajstić information content (AvgIpc) is 2.07. The van der Waals surface area contributed by atoms with Gasteiger partial charge in [-0.15, -0.1) is 11.6 Å². The van der Waals surface area contributed by atoms with Crippen molar-refractivity contribution in [3.05, 3.63) is 30.1 Å². The Kier molecular flexibility index (Phi) is 3.37. The first kappa shape index (κ1) is 8.54. The van der Waals surface area contributed by atoms with E-state index in [0.29, 0.717) is 0 Å². The van der Waals surface area contributed by atoms with Gasteiger partial charge in [0.25, 0.3) is 0 Å². The highest BCUT2D eigenvalue weighted by atomic mass is 35.5. The predicted molar refractivity (Wildman–Crippen MR) is 47.7 cm³/mol. The molecule has 60 valence electrons. The van der Waals surface area contributed by atoms with Gasteiger partial charge in [-0.05, 0) is 24.1 Å². The second kappa shape index (κ2) is 4.35. The quantitative estimate of drug-likeness (QED) is 0.634. The van der Waals surface area contributed by atoms with Crippen LogP contribution in [0.2, 0.25) is 0 Å². The first-order valence-electron chi connectivity index (χ1n) is 3.88. The molecular weight excluding hydrogens is 158 g/mol. The second-order valence-electron chi connectivity index (χ2n) is 2.54. The highest BCUT2D eigenvalue weighted by molar-refractivity contribution is 6.20. The molecule has 0 amide bonds.